The fourth-order valence-electron chi connectivity index (χ4n) is 1.37. The number of nitrogens with zero attached hydrogens (tertiary/aromatic N) is 3. The van der Waals surface area contributed by atoms with Crippen LogP contribution in [-0.4, -0.2) is 24.1 Å². The van der Waals surface area contributed by atoms with E-state index in [4.69, 9.17) is 22.1 Å². The van der Waals surface area contributed by atoms with Crippen molar-refractivity contribution in [3.05, 3.63) is 35.7 Å². The van der Waals surface area contributed by atoms with E-state index in [1.807, 2.05) is 31.1 Å². The molecule has 0 unspecified atom stereocenters. The molecule has 0 fully saturated rings. The molecule has 0 aliphatic heterocycles. The Morgan fingerprint density at radius 1 is 1.33 bits per heavy atom. The minimum absolute atomic E-state index is 0.286. The predicted molar refractivity (Wildman–Crippen MR) is 72.3 cm³/mol. The van der Waals surface area contributed by atoms with Gasteiger partial charge in [-0.15, -0.1) is 0 Å². The second-order valence-corrected chi connectivity index (χ2v) is 4.30. The van der Waals surface area contributed by atoms with Gasteiger partial charge < -0.3 is 15.4 Å². The monoisotopic (exact) mass is 264 g/mol. The van der Waals surface area contributed by atoms with E-state index in [1.165, 1.54) is 12.5 Å². The van der Waals surface area contributed by atoms with E-state index in [1.54, 1.807) is 6.07 Å². The van der Waals surface area contributed by atoms with Gasteiger partial charge in [0.1, 0.15) is 11.3 Å². The molecule has 0 aliphatic carbocycles. The van der Waals surface area contributed by atoms with Crippen LogP contribution in [0.25, 0.3) is 0 Å². The standard InChI is InChI=1S/C12H13ClN4O/c1-17(2)8-3-4-10(14)11(5-8)18-12-9(13)6-15-7-16-12/h3-7H,14H2,1-2H3. The fraction of sp³-hybridized carbons (Fsp3) is 0.167. The molecule has 0 amide bonds. The maximum absolute atomic E-state index is 5.93. The molecule has 2 N–H and O–H groups in total. The van der Waals surface area contributed by atoms with Crippen molar-refractivity contribution in [3.63, 3.8) is 0 Å². The summed E-state index contributed by atoms with van der Waals surface area (Å²) in [6.07, 6.45) is 2.84. The van der Waals surface area contributed by atoms with Gasteiger partial charge in [-0.2, -0.15) is 0 Å². The lowest BCUT2D eigenvalue weighted by Crippen LogP contribution is -2.08. The molecule has 1 heterocycles. The molecule has 2 aromatic rings. The lowest BCUT2D eigenvalue weighted by Gasteiger charge is -2.15. The van der Waals surface area contributed by atoms with Crippen LogP contribution in [0, 0.1) is 0 Å². The average Bonchev–Trinajstić information content (AvgIpc) is 2.34. The van der Waals surface area contributed by atoms with Crippen molar-refractivity contribution in [2.75, 3.05) is 24.7 Å². The molecule has 5 nitrogen and oxygen atoms in total. The van der Waals surface area contributed by atoms with Gasteiger partial charge in [-0.05, 0) is 12.1 Å². The molecule has 1 aromatic carbocycles. The molecular formula is C12H13ClN4O. The normalized spacial score (nSPS) is 10.2. The van der Waals surface area contributed by atoms with E-state index in [9.17, 15) is 0 Å². The van der Waals surface area contributed by atoms with Gasteiger partial charge in [-0.3, -0.25) is 0 Å². The lowest BCUT2D eigenvalue weighted by molar-refractivity contribution is 0.464. The Balaban J connectivity index is 2.34. The van der Waals surface area contributed by atoms with Crippen molar-refractivity contribution in [1.29, 1.82) is 0 Å². The summed E-state index contributed by atoms with van der Waals surface area (Å²) in [5.41, 5.74) is 7.36. The zero-order valence-corrected chi connectivity index (χ0v) is 10.8. The van der Waals surface area contributed by atoms with Gasteiger partial charge in [0.15, 0.2) is 5.75 Å². The first-order chi connectivity index (χ1) is 8.58. The topological polar surface area (TPSA) is 64.3 Å². The van der Waals surface area contributed by atoms with Gasteiger partial charge in [0.25, 0.3) is 0 Å². The van der Waals surface area contributed by atoms with Gasteiger partial charge in [0, 0.05) is 25.8 Å². The molecule has 0 saturated heterocycles. The van der Waals surface area contributed by atoms with Crippen molar-refractivity contribution in [2.24, 2.45) is 0 Å². The fourth-order valence-corrected chi connectivity index (χ4v) is 1.51. The average molecular weight is 265 g/mol. The summed E-state index contributed by atoms with van der Waals surface area (Å²) in [6, 6.07) is 5.51. The highest BCUT2D eigenvalue weighted by molar-refractivity contribution is 6.31. The van der Waals surface area contributed by atoms with Crippen molar-refractivity contribution in [2.45, 2.75) is 0 Å². The van der Waals surface area contributed by atoms with E-state index >= 15 is 0 Å². The summed E-state index contributed by atoms with van der Waals surface area (Å²) in [7, 11) is 3.87. The molecule has 18 heavy (non-hydrogen) atoms. The third kappa shape index (κ3) is 2.62. The Kier molecular flexibility index (Phi) is 3.53. The highest BCUT2D eigenvalue weighted by Gasteiger charge is 2.08. The van der Waals surface area contributed by atoms with Crippen LogP contribution in [-0.2, 0) is 0 Å². The Morgan fingerprint density at radius 3 is 2.78 bits per heavy atom. The Bertz CT molecular complexity index is 560. The van der Waals surface area contributed by atoms with E-state index in [-0.39, 0.29) is 5.88 Å². The number of anilines is 2. The number of benzene rings is 1. The van der Waals surface area contributed by atoms with Gasteiger partial charge in [-0.1, -0.05) is 11.6 Å². The van der Waals surface area contributed by atoms with Crippen LogP contribution >= 0.6 is 11.6 Å². The lowest BCUT2D eigenvalue weighted by atomic mass is 10.2. The van der Waals surface area contributed by atoms with Crippen LogP contribution in [0.3, 0.4) is 0 Å². The van der Waals surface area contributed by atoms with Crippen LogP contribution in [0.4, 0.5) is 11.4 Å². The summed E-state index contributed by atoms with van der Waals surface area (Å²) in [5, 5.41) is 0.340. The first kappa shape index (κ1) is 12.4. The molecule has 0 spiro atoms. The number of rotatable bonds is 3. The number of ether oxygens (including phenoxy) is 1. The van der Waals surface area contributed by atoms with Crippen LogP contribution < -0.4 is 15.4 Å². The second-order valence-electron chi connectivity index (χ2n) is 3.89. The van der Waals surface area contributed by atoms with Crippen LogP contribution in [0.1, 0.15) is 0 Å². The molecule has 6 heteroatoms. The van der Waals surface area contributed by atoms with Gasteiger partial charge in [0.05, 0.1) is 11.9 Å². The van der Waals surface area contributed by atoms with Crippen LogP contribution in [0.15, 0.2) is 30.7 Å². The molecular weight excluding hydrogens is 252 g/mol. The molecule has 0 saturated carbocycles. The summed E-state index contributed by atoms with van der Waals surface area (Å²) >= 11 is 5.93. The zero-order chi connectivity index (χ0) is 13.1. The summed E-state index contributed by atoms with van der Waals surface area (Å²) in [5.74, 6) is 0.802. The molecule has 0 atom stereocenters. The predicted octanol–water partition coefficient (Wildman–Crippen LogP) is 2.57. The Hall–Kier alpha value is -2.01. The number of aromatic nitrogens is 2. The zero-order valence-electron chi connectivity index (χ0n) is 10.1. The summed E-state index contributed by atoms with van der Waals surface area (Å²) in [6.45, 7) is 0. The largest absolute Gasteiger partial charge is 0.435 e. The number of nitrogen functional groups attached to an aromatic ring is 1. The summed E-state index contributed by atoms with van der Waals surface area (Å²) < 4.78 is 5.60. The highest BCUT2D eigenvalue weighted by atomic mass is 35.5. The number of hydrogen-bond donors (Lipinski definition) is 1. The number of halogens is 1. The minimum Gasteiger partial charge on any atom is -0.435 e. The highest BCUT2D eigenvalue weighted by Crippen LogP contribution is 2.32. The van der Waals surface area contributed by atoms with E-state index in [0.717, 1.165) is 5.69 Å². The summed E-state index contributed by atoms with van der Waals surface area (Å²) in [4.78, 5) is 9.70. The molecule has 2 rings (SSSR count). The van der Waals surface area contributed by atoms with Crippen molar-refractivity contribution < 1.29 is 4.74 Å². The van der Waals surface area contributed by atoms with E-state index in [2.05, 4.69) is 9.97 Å². The molecule has 0 aliphatic rings. The van der Waals surface area contributed by atoms with Crippen LogP contribution in [0.5, 0.6) is 11.6 Å². The second kappa shape index (κ2) is 5.10. The van der Waals surface area contributed by atoms with Gasteiger partial charge in [0.2, 0.25) is 5.88 Å². The minimum atomic E-state index is 0.286. The molecule has 0 radical (unpaired) electrons. The van der Waals surface area contributed by atoms with E-state index in [0.29, 0.717) is 16.5 Å². The van der Waals surface area contributed by atoms with Crippen LogP contribution in [0.2, 0.25) is 5.02 Å². The first-order valence-electron chi connectivity index (χ1n) is 5.28. The smallest absolute Gasteiger partial charge is 0.241 e. The van der Waals surface area contributed by atoms with E-state index < -0.39 is 0 Å². The third-order valence-corrected chi connectivity index (χ3v) is 2.61. The number of nitrogens with two attached hydrogens (primary N) is 1. The molecule has 1 aromatic heterocycles. The first-order valence-corrected chi connectivity index (χ1v) is 5.66. The Morgan fingerprint density at radius 2 is 2.11 bits per heavy atom. The maximum Gasteiger partial charge on any atom is 0.241 e. The molecule has 0 bridgehead atoms. The molecule has 94 valence electrons. The SMILES string of the molecule is CN(C)c1ccc(N)c(Oc2ncncc2Cl)c1. The third-order valence-electron chi connectivity index (χ3n) is 2.35. The quantitative estimate of drug-likeness (QED) is 0.863. The van der Waals surface area contributed by atoms with Crippen molar-refractivity contribution in [3.8, 4) is 11.6 Å². The van der Waals surface area contributed by atoms with Crippen molar-refractivity contribution in [1.82, 2.24) is 9.97 Å². The van der Waals surface area contributed by atoms with Gasteiger partial charge in [-0.25, -0.2) is 9.97 Å². The number of hydrogen-bond acceptors (Lipinski definition) is 5. The van der Waals surface area contributed by atoms with Gasteiger partial charge >= 0.3 is 0 Å². The van der Waals surface area contributed by atoms with Crippen molar-refractivity contribution >= 4 is 23.0 Å². The maximum atomic E-state index is 5.93. The Labute approximate surface area is 110 Å².